The van der Waals surface area contributed by atoms with Crippen LogP contribution in [0, 0.1) is 11.5 Å². The van der Waals surface area contributed by atoms with E-state index in [2.05, 4.69) is 9.35 Å². The first kappa shape index (κ1) is 14.6. The second-order valence-electron chi connectivity index (χ2n) is 3.56. The van der Waals surface area contributed by atoms with E-state index in [0.717, 1.165) is 12.3 Å². The summed E-state index contributed by atoms with van der Waals surface area (Å²) in [5, 5.41) is 8.20. The highest BCUT2D eigenvalue weighted by Gasteiger charge is 2.32. The van der Waals surface area contributed by atoms with Crippen LogP contribution in [0.2, 0.25) is 0 Å². The van der Waals surface area contributed by atoms with Gasteiger partial charge in [-0.2, -0.15) is 33.8 Å². The fourth-order valence-electron chi connectivity index (χ4n) is 1.26. The average Bonchev–Trinajstić information content (AvgIpc) is 2.28. The molecule has 0 aliphatic carbocycles. The molecule has 1 aromatic heterocycles. The molecule has 18 heavy (non-hydrogen) atoms. The summed E-state index contributed by atoms with van der Waals surface area (Å²) in [6.45, 7) is 1.68. The molecule has 0 aliphatic rings. The molecule has 0 aromatic carbocycles. The molecule has 0 radical (unpaired) electrons. The van der Waals surface area contributed by atoms with Crippen LogP contribution in [0.15, 0.2) is 22.7 Å². The Balaban J connectivity index is 2.80. The van der Waals surface area contributed by atoms with E-state index in [9.17, 15) is 17.7 Å². The smallest absolute Gasteiger partial charge is 0.433 e. The molecule has 0 aliphatic heterocycles. The highest BCUT2D eigenvalue weighted by molar-refractivity contribution is 7.81. The lowest BCUT2D eigenvalue weighted by atomic mass is 10.1. The molecule has 0 unspecified atom stereocenters. The summed E-state index contributed by atoms with van der Waals surface area (Å²) in [5.74, 6) is -0.224. The minimum atomic E-state index is -4.47. The number of aromatic nitrogens is 1. The molecular weight excluding hydrogens is 267 g/mol. The normalized spacial score (nSPS) is 15.1. The maximum atomic E-state index is 12.3. The standard InChI is InChI=1S/C10H9F3N3OS/c1-7(5-18(17)16-6-14)8-2-3-9(15-4-8)10(11,12)13/h2-4,7H,5H2,1H3/q-1/t7-,18+/m1/s1. The topological polar surface area (TPSA) is 72.1 Å². The van der Waals surface area contributed by atoms with E-state index >= 15 is 0 Å². The summed E-state index contributed by atoms with van der Waals surface area (Å²) in [6, 6.07) is 2.15. The molecule has 2 atom stereocenters. The van der Waals surface area contributed by atoms with Crippen LogP contribution in [0.25, 0.3) is 0 Å². The zero-order chi connectivity index (χ0) is 13.8. The van der Waals surface area contributed by atoms with Crippen LogP contribution >= 0.6 is 0 Å². The van der Waals surface area contributed by atoms with Gasteiger partial charge in [0.2, 0.25) is 6.19 Å². The number of hydrogen-bond acceptors (Lipinski definition) is 4. The lowest BCUT2D eigenvalue weighted by molar-refractivity contribution is -0.141. The number of rotatable bonds is 3. The Labute approximate surface area is 104 Å². The highest BCUT2D eigenvalue weighted by Crippen LogP contribution is 2.28. The van der Waals surface area contributed by atoms with Crippen molar-refractivity contribution in [3.8, 4) is 6.19 Å². The maximum absolute atomic E-state index is 12.3. The van der Waals surface area contributed by atoms with Crippen LogP contribution in [0.3, 0.4) is 0 Å². The van der Waals surface area contributed by atoms with Crippen LogP contribution in [-0.4, -0.2) is 15.3 Å². The minimum absolute atomic E-state index is 0.0700. The van der Waals surface area contributed by atoms with Gasteiger partial charge in [0, 0.05) is 6.20 Å². The van der Waals surface area contributed by atoms with Gasteiger partial charge in [-0.05, 0) is 23.3 Å². The fraction of sp³-hybridized carbons (Fsp3) is 0.400. The molecule has 98 valence electrons. The third-order valence-electron chi connectivity index (χ3n) is 2.18. The Morgan fingerprint density at radius 2 is 2.22 bits per heavy atom. The Morgan fingerprint density at radius 3 is 2.67 bits per heavy atom. The molecule has 4 nitrogen and oxygen atoms in total. The molecule has 0 bridgehead atoms. The first-order valence-corrected chi connectivity index (χ1v) is 6.13. The predicted molar refractivity (Wildman–Crippen MR) is 58.7 cm³/mol. The zero-order valence-corrected chi connectivity index (χ0v) is 10.1. The predicted octanol–water partition coefficient (Wildman–Crippen LogP) is 2.62. The van der Waals surface area contributed by atoms with Gasteiger partial charge >= 0.3 is 6.18 Å². The Hall–Kier alpha value is -1.46. The largest absolute Gasteiger partial charge is 0.788 e. The highest BCUT2D eigenvalue weighted by atomic mass is 32.2. The number of alkyl halides is 3. The van der Waals surface area contributed by atoms with Gasteiger partial charge in [-0.25, -0.2) is 0 Å². The van der Waals surface area contributed by atoms with Crippen molar-refractivity contribution < 1.29 is 17.7 Å². The molecule has 0 saturated heterocycles. The van der Waals surface area contributed by atoms with Crippen molar-refractivity contribution >= 4 is 11.0 Å². The van der Waals surface area contributed by atoms with Crippen molar-refractivity contribution in [2.75, 3.05) is 5.75 Å². The molecular formula is C10H9F3N3OS-. The SMILES string of the molecule is C[C@H](C[S@]([O-])=NC#N)c1ccc(C(F)(F)F)nc1. The Kier molecular flexibility index (Phi) is 4.81. The summed E-state index contributed by atoms with van der Waals surface area (Å²) < 4.78 is 51.1. The summed E-state index contributed by atoms with van der Waals surface area (Å²) in [6.07, 6.45) is -1.96. The summed E-state index contributed by atoms with van der Waals surface area (Å²) >= 11 is 0. The second kappa shape index (κ2) is 5.93. The van der Waals surface area contributed by atoms with Crippen LogP contribution in [-0.2, 0) is 17.1 Å². The number of hydrogen-bond donors (Lipinski definition) is 0. The number of pyridine rings is 1. The van der Waals surface area contributed by atoms with Crippen molar-refractivity contribution in [2.24, 2.45) is 4.36 Å². The fourth-order valence-corrected chi connectivity index (χ4v) is 2.04. The van der Waals surface area contributed by atoms with Crippen molar-refractivity contribution in [1.29, 1.82) is 5.26 Å². The molecule has 1 rings (SSSR count). The molecule has 1 heterocycles. The van der Waals surface area contributed by atoms with E-state index in [1.165, 1.54) is 12.3 Å². The van der Waals surface area contributed by atoms with E-state index < -0.39 is 22.8 Å². The molecule has 1 aromatic rings. The summed E-state index contributed by atoms with van der Waals surface area (Å²) in [4.78, 5) is 3.30. The average molecular weight is 276 g/mol. The van der Waals surface area contributed by atoms with Gasteiger partial charge in [-0.3, -0.25) is 4.98 Å². The van der Waals surface area contributed by atoms with Gasteiger partial charge in [0.15, 0.2) is 0 Å². The molecule has 0 spiro atoms. The van der Waals surface area contributed by atoms with Gasteiger partial charge in [-0.15, -0.1) is 0 Å². The monoisotopic (exact) mass is 276 g/mol. The third-order valence-corrected chi connectivity index (χ3v) is 3.25. The van der Waals surface area contributed by atoms with Crippen LogP contribution in [0.4, 0.5) is 13.2 Å². The third kappa shape index (κ3) is 4.09. The Morgan fingerprint density at radius 1 is 1.56 bits per heavy atom. The first-order valence-electron chi connectivity index (χ1n) is 4.86. The van der Waals surface area contributed by atoms with Gasteiger partial charge in [-0.1, -0.05) is 13.0 Å². The van der Waals surface area contributed by atoms with Crippen molar-refractivity contribution in [2.45, 2.75) is 19.0 Å². The van der Waals surface area contributed by atoms with E-state index in [-0.39, 0.29) is 11.7 Å². The molecule has 0 N–H and O–H groups in total. The van der Waals surface area contributed by atoms with Crippen molar-refractivity contribution in [1.82, 2.24) is 4.98 Å². The van der Waals surface area contributed by atoms with Crippen LogP contribution in [0.1, 0.15) is 24.1 Å². The minimum Gasteiger partial charge on any atom is -0.788 e. The lowest BCUT2D eigenvalue weighted by Gasteiger charge is -2.17. The number of halogens is 3. The van der Waals surface area contributed by atoms with E-state index in [4.69, 9.17) is 5.26 Å². The van der Waals surface area contributed by atoms with E-state index in [0.29, 0.717) is 5.56 Å². The first-order chi connectivity index (χ1) is 8.34. The van der Waals surface area contributed by atoms with Gasteiger partial charge in [0.1, 0.15) is 5.69 Å². The van der Waals surface area contributed by atoms with Crippen molar-refractivity contribution in [3.63, 3.8) is 0 Å². The molecule has 8 heteroatoms. The molecule has 0 amide bonds. The van der Waals surface area contributed by atoms with Crippen LogP contribution < -0.4 is 0 Å². The van der Waals surface area contributed by atoms with Gasteiger partial charge in [0.25, 0.3) is 0 Å². The molecule has 0 saturated carbocycles. The lowest BCUT2D eigenvalue weighted by Crippen LogP contribution is -2.10. The van der Waals surface area contributed by atoms with Gasteiger partial charge < -0.3 is 4.55 Å². The number of nitrogens with zero attached hydrogens (tertiary/aromatic N) is 3. The van der Waals surface area contributed by atoms with Crippen molar-refractivity contribution in [3.05, 3.63) is 29.6 Å². The van der Waals surface area contributed by atoms with E-state index in [1.54, 1.807) is 6.92 Å². The van der Waals surface area contributed by atoms with E-state index in [1.807, 2.05) is 0 Å². The summed E-state index contributed by atoms with van der Waals surface area (Å²) in [5.41, 5.74) is -0.453. The van der Waals surface area contributed by atoms with Gasteiger partial charge in [0.05, 0.1) is 0 Å². The zero-order valence-electron chi connectivity index (χ0n) is 9.31. The quantitative estimate of drug-likeness (QED) is 0.796. The van der Waals surface area contributed by atoms with Crippen LogP contribution in [0.5, 0.6) is 0 Å². The second-order valence-corrected chi connectivity index (χ2v) is 4.71. The summed E-state index contributed by atoms with van der Waals surface area (Å²) in [7, 11) is -1.66. The number of nitriles is 1. The Bertz CT molecular complexity index is 479. The molecule has 0 fully saturated rings. The maximum Gasteiger partial charge on any atom is 0.433 e.